The summed E-state index contributed by atoms with van der Waals surface area (Å²) in [6.07, 6.45) is 2.85. The van der Waals surface area contributed by atoms with Gasteiger partial charge in [-0.25, -0.2) is 4.72 Å². The first-order chi connectivity index (χ1) is 9.80. The topological polar surface area (TPSA) is 70.7 Å². The van der Waals surface area contributed by atoms with Crippen molar-refractivity contribution in [3.05, 3.63) is 0 Å². The number of nitrogens with zero attached hydrogens (tertiary/aromatic N) is 1. The molecule has 1 saturated heterocycles. The first-order valence-electron chi connectivity index (χ1n) is 7.69. The van der Waals surface area contributed by atoms with Crippen LogP contribution in [0.25, 0.3) is 0 Å². The average Bonchev–Trinajstić information content (AvgIpc) is 2.44. The van der Waals surface area contributed by atoms with Crippen LogP contribution in [-0.4, -0.2) is 59.7 Å². The Kier molecular flexibility index (Phi) is 7.56. The molecule has 0 aliphatic carbocycles. The third kappa shape index (κ3) is 6.61. The Balaban J connectivity index is 2.52. The van der Waals surface area contributed by atoms with Crippen LogP contribution < -0.4 is 10.0 Å². The second-order valence-electron chi connectivity index (χ2n) is 6.66. The highest BCUT2D eigenvalue weighted by atomic mass is 32.2. The van der Waals surface area contributed by atoms with Crippen LogP contribution in [0.4, 0.5) is 0 Å². The van der Waals surface area contributed by atoms with E-state index >= 15 is 0 Å². The number of nitrogens with one attached hydrogen (secondary N) is 2. The summed E-state index contributed by atoms with van der Waals surface area (Å²) in [6, 6.07) is 0. The van der Waals surface area contributed by atoms with Crippen molar-refractivity contribution in [2.45, 2.75) is 33.1 Å². The van der Waals surface area contributed by atoms with Crippen molar-refractivity contribution in [1.29, 1.82) is 0 Å². The van der Waals surface area contributed by atoms with E-state index in [1.54, 1.807) is 11.4 Å². The molecule has 0 aromatic rings. The molecule has 0 radical (unpaired) electrons. The minimum atomic E-state index is -3.38. The van der Waals surface area contributed by atoms with Gasteiger partial charge in [0, 0.05) is 33.4 Å². The van der Waals surface area contributed by atoms with Gasteiger partial charge in [-0.15, -0.1) is 0 Å². The largest absolute Gasteiger partial charge is 0.385 e. The summed E-state index contributed by atoms with van der Waals surface area (Å²) in [7, 11) is 0.191. The third-order valence-corrected chi connectivity index (χ3v) is 5.55. The zero-order chi connectivity index (χ0) is 15.9. The molecule has 126 valence electrons. The Bertz CT molecular complexity index is 396. The van der Waals surface area contributed by atoms with Gasteiger partial charge < -0.3 is 10.1 Å². The van der Waals surface area contributed by atoms with Crippen LogP contribution in [0.2, 0.25) is 0 Å². The molecule has 7 heteroatoms. The minimum Gasteiger partial charge on any atom is -0.385 e. The molecular weight excluding hydrogens is 290 g/mol. The van der Waals surface area contributed by atoms with Crippen LogP contribution in [0, 0.1) is 11.3 Å². The molecule has 21 heavy (non-hydrogen) atoms. The van der Waals surface area contributed by atoms with Gasteiger partial charge in [0.05, 0.1) is 0 Å². The third-order valence-electron chi connectivity index (χ3n) is 4.03. The zero-order valence-electron chi connectivity index (χ0n) is 13.8. The number of piperidine rings is 1. The van der Waals surface area contributed by atoms with Crippen molar-refractivity contribution in [3.8, 4) is 0 Å². The van der Waals surface area contributed by atoms with Gasteiger partial charge >= 0.3 is 0 Å². The Morgan fingerprint density at radius 2 is 2.10 bits per heavy atom. The van der Waals surface area contributed by atoms with E-state index in [1.807, 2.05) is 7.05 Å². The zero-order valence-corrected chi connectivity index (χ0v) is 14.6. The molecule has 0 aromatic heterocycles. The second-order valence-corrected chi connectivity index (χ2v) is 8.41. The summed E-state index contributed by atoms with van der Waals surface area (Å²) in [5.41, 5.74) is -0.108. The van der Waals surface area contributed by atoms with Crippen LogP contribution in [0.15, 0.2) is 0 Å². The fraction of sp³-hybridized carbons (Fsp3) is 1.00. The molecule has 1 heterocycles. The first-order valence-corrected chi connectivity index (χ1v) is 9.13. The molecule has 1 fully saturated rings. The predicted octanol–water partition coefficient (Wildman–Crippen LogP) is 0.815. The van der Waals surface area contributed by atoms with E-state index in [4.69, 9.17) is 4.74 Å². The molecule has 0 amide bonds. The Morgan fingerprint density at radius 1 is 1.38 bits per heavy atom. The number of methoxy groups -OCH3 is 1. The van der Waals surface area contributed by atoms with Gasteiger partial charge in [0.25, 0.3) is 10.2 Å². The first kappa shape index (κ1) is 18.8. The lowest BCUT2D eigenvalue weighted by molar-refractivity contribution is 0.153. The normalized spacial score (nSPS) is 21.6. The SMILES string of the molecule is CNCC1CCCN(S(=O)(=O)NCC(C)(C)CCOC)C1. The molecule has 0 spiro atoms. The molecule has 1 unspecified atom stereocenters. The maximum Gasteiger partial charge on any atom is 0.279 e. The highest BCUT2D eigenvalue weighted by molar-refractivity contribution is 7.87. The molecular formula is C14H31N3O3S. The van der Waals surface area contributed by atoms with Crippen LogP contribution in [-0.2, 0) is 14.9 Å². The van der Waals surface area contributed by atoms with E-state index in [9.17, 15) is 8.42 Å². The van der Waals surface area contributed by atoms with Crippen LogP contribution >= 0.6 is 0 Å². The van der Waals surface area contributed by atoms with E-state index in [0.29, 0.717) is 32.2 Å². The van der Waals surface area contributed by atoms with Gasteiger partial charge in [-0.3, -0.25) is 0 Å². The molecule has 1 aliphatic heterocycles. The lowest BCUT2D eigenvalue weighted by Gasteiger charge is -2.33. The molecule has 1 rings (SSSR count). The average molecular weight is 321 g/mol. The van der Waals surface area contributed by atoms with Crippen molar-refractivity contribution < 1.29 is 13.2 Å². The van der Waals surface area contributed by atoms with Gasteiger partial charge in [-0.2, -0.15) is 12.7 Å². The number of ether oxygens (including phenoxy) is 1. The van der Waals surface area contributed by atoms with E-state index < -0.39 is 10.2 Å². The predicted molar refractivity (Wildman–Crippen MR) is 85.4 cm³/mol. The lowest BCUT2D eigenvalue weighted by atomic mass is 9.90. The Hall–Kier alpha value is -0.210. The van der Waals surface area contributed by atoms with Gasteiger partial charge in [0.2, 0.25) is 0 Å². The summed E-state index contributed by atoms with van der Waals surface area (Å²) < 4.78 is 34.3. The summed E-state index contributed by atoms with van der Waals surface area (Å²) in [4.78, 5) is 0. The molecule has 6 nitrogen and oxygen atoms in total. The van der Waals surface area contributed by atoms with Gasteiger partial charge in [0.15, 0.2) is 0 Å². The van der Waals surface area contributed by atoms with Crippen LogP contribution in [0.3, 0.4) is 0 Å². The fourth-order valence-corrected chi connectivity index (χ4v) is 4.08. The number of hydrogen-bond acceptors (Lipinski definition) is 4. The summed E-state index contributed by atoms with van der Waals surface area (Å²) in [6.45, 7) is 7.27. The van der Waals surface area contributed by atoms with Crippen molar-refractivity contribution in [1.82, 2.24) is 14.3 Å². The molecule has 0 aromatic carbocycles. The number of rotatable bonds is 9. The van der Waals surface area contributed by atoms with Gasteiger partial charge in [-0.05, 0) is 44.2 Å². The summed E-state index contributed by atoms with van der Waals surface area (Å²) in [5.74, 6) is 0.404. The molecule has 0 bridgehead atoms. The lowest BCUT2D eigenvalue weighted by Crippen LogP contribution is -2.49. The number of hydrogen-bond donors (Lipinski definition) is 2. The molecule has 2 N–H and O–H groups in total. The monoisotopic (exact) mass is 321 g/mol. The van der Waals surface area contributed by atoms with Crippen molar-refractivity contribution in [2.24, 2.45) is 11.3 Å². The van der Waals surface area contributed by atoms with E-state index in [2.05, 4.69) is 23.9 Å². The molecule has 1 atom stereocenters. The highest BCUT2D eigenvalue weighted by Gasteiger charge is 2.30. The van der Waals surface area contributed by atoms with Crippen LogP contribution in [0.1, 0.15) is 33.1 Å². The quantitative estimate of drug-likeness (QED) is 0.659. The van der Waals surface area contributed by atoms with Crippen molar-refractivity contribution in [3.63, 3.8) is 0 Å². The standard InChI is InChI=1S/C14H31N3O3S/c1-14(2,7-9-20-4)12-16-21(18,19)17-8-5-6-13(11-17)10-15-3/h13,15-16H,5-12H2,1-4H3. The Labute approximate surface area is 129 Å². The Morgan fingerprint density at radius 3 is 2.71 bits per heavy atom. The smallest absolute Gasteiger partial charge is 0.279 e. The van der Waals surface area contributed by atoms with E-state index in [1.165, 1.54) is 0 Å². The minimum absolute atomic E-state index is 0.108. The van der Waals surface area contributed by atoms with Crippen molar-refractivity contribution >= 4 is 10.2 Å². The van der Waals surface area contributed by atoms with E-state index in [-0.39, 0.29) is 5.41 Å². The molecule has 0 saturated carbocycles. The highest BCUT2D eigenvalue weighted by Crippen LogP contribution is 2.21. The second kappa shape index (κ2) is 8.43. The van der Waals surface area contributed by atoms with E-state index in [0.717, 1.165) is 25.8 Å². The van der Waals surface area contributed by atoms with Gasteiger partial charge in [0.1, 0.15) is 0 Å². The maximum atomic E-state index is 12.4. The summed E-state index contributed by atoms with van der Waals surface area (Å²) >= 11 is 0. The summed E-state index contributed by atoms with van der Waals surface area (Å²) in [5, 5.41) is 3.13. The fourth-order valence-electron chi connectivity index (χ4n) is 2.55. The molecule has 1 aliphatic rings. The van der Waals surface area contributed by atoms with Crippen molar-refractivity contribution in [2.75, 3.05) is 46.9 Å². The van der Waals surface area contributed by atoms with Gasteiger partial charge in [-0.1, -0.05) is 13.8 Å². The maximum absolute atomic E-state index is 12.4. The van der Waals surface area contributed by atoms with Crippen LogP contribution in [0.5, 0.6) is 0 Å².